The van der Waals surface area contributed by atoms with Gasteiger partial charge >= 0.3 is 6.03 Å². The van der Waals surface area contributed by atoms with Crippen LogP contribution in [0, 0.1) is 0 Å². The SMILES string of the molecule is CC(c1c[nH]c(=O)c2c(Cl)cccc12)N(C)C(=O)NC1C=CC(=O)C(Cl)=C1. The number of nitrogens with zero attached hydrogens (tertiary/aromatic N) is 1. The van der Waals surface area contributed by atoms with Crippen molar-refractivity contribution in [2.45, 2.75) is 19.0 Å². The number of ketones is 1. The molecule has 3 rings (SSSR count). The van der Waals surface area contributed by atoms with Crippen LogP contribution in [-0.4, -0.2) is 34.8 Å². The minimum atomic E-state index is -0.473. The number of halogens is 2. The van der Waals surface area contributed by atoms with Gasteiger partial charge in [0.2, 0.25) is 0 Å². The molecule has 6 nitrogen and oxygen atoms in total. The summed E-state index contributed by atoms with van der Waals surface area (Å²) in [6, 6.07) is 4.03. The van der Waals surface area contributed by atoms with Gasteiger partial charge in [-0.3, -0.25) is 9.59 Å². The number of urea groups is 1. The van der Waals surface area contributed by atoms with E-state index in [1.54, 1.807) is 37.5 Å². The summed E-state index contributed by atoms with van der Waals surface area (Å²) in [5, 5.41) is 4.28. The first-order chi connectivity index (χ1) is 12.8. The summed E-state index contributed by atoms with van der Waals surface area (Å²) in [5.41, 5.74) is 0.475. The molecule has 2 atom stereocenters. The highest BCUT2D eigenvalue weighted by molar-refractivity contribution is 6.44. The molecule has 0 bridgehead atoms. The highest BCUT2D eigenvalue weighted by Crippen LogP contribution is 2.28. The van der Waals surface area contributed by atoms with Gasteiger partial charge in [0.25, 0.3) is 5.56 Å². The molecule has 0 spiro atoms. The Balaban J connectivity index is 1.86. The quantitative estimate of drug-likeness (QED) is 0.819. The number of hydrogen-bond acceptors (Lipinski definition) is 3. The Morgan fingerprint density at radius 1 is 1.30 bits per heavy atom. The molecule has 1 heterocycles. The van der Waals surface area contributed by atoms with E-state index < -0.39 is 6.04 Å². The molecule has 1 aromatic carbocycles. The standard InChI is InChI=1S/C19H17Cl2N3O3/c1-10(13-9-22-18(26)17-12(13)4-3-5-14(17)20)24(2)19(27)23-11-6-7-16(25)15(21)8-11/h3-11H,1-2H3,(H,22,26)(H,23,27). The van der Waals surface area contributed by atoms with Gasteiger partial charge in [0.15, 0.2) is 5.78 Å². The fourth-order valence-corrected chi connectivity index (χ4v) is 3.38. The third-order valence-corrected chi connectivity index (χ3v) is 5.20. The second-order valence-electron chi connectivity index (χ2n) is 6.24. The van der Waals surface area contributed by atoms with Crippen LogP contribution >= 0.6 is 23.2 Å². The molecule has 0 aliphatic heterocycles. The topological polar surface area (TPSA) is 82.3 Å². The molecule has 0 saturated carbocycles. The number of rotatable bonds is 3. The molecule has 1 aliphatic carbocycles. The third-order valence-electron chi connectivity index (χ3n) is 4.57. The molecule has 1 aliphatic rings. The molecular formula is C19H17Cl2N3O3. The first kappa shape index (κ1) is 19.2. The van der Waals surface area contributed by atoms with Crippen molar-refractivity contribution in [3.63, 3.8) is 0 Å². The van der Waals surface area contributed by atoms with Gasteiger partial charge < -0.3 is 15.2 Å². The van der Waals surface area contributed by atoms with Crippen molar-refractivity contribution in [3.8, 4) is 0 Å². The lowest BCUT2D eigenvalue weighted by Crippen LogP contribution is -2.43. The zero-order chi connectivity index (χ0) is 19.7. The van der Waals surface area contributed by atoms with E-state index in [0.717, 1.165) is 5.56 Å². The largest absolute Gasteiger partial charge is 0.328 e. The number of carbonyl (C=O) groups is 2. The van der Waals surface area contributed by atoms with Crippen molar-refractivity contribution < 1.29 is 9.59 Å². The van der Waals surface area contributed by atoms with E-state index in [0.29, 0.717) is 15.8 Å². The maximum absolute atomic E-state index is 12.6. The number of amides is 2. The first-order valence-electron chi connectivity index (χ1n) is 8.22. The van der Waals surface area contributed by atoms with E-state index >= 15 is 0 Å². The number of fused-ring (bicyclic) bond motifs is 1. The zero-order valence-corrected chi connectivity index (χ0v) is 16.1. The van der Waals surface area contributed by atoms with Gasteiger partial charge in [-0.25, -0.2) is 4.79 Å². The van der Waals surface area contributed by atoms with Crippen molar-refractivity contribution >= 4 is 45.8 Å². The third kappa shape index (κ3) is 3.77. The van der Waals surface area contributed by atoms with Crippen LogP contribution < -0.4 is 10.9 Å². The summed E-state index contributed by atoms with van der Waals surface area (Å²) in [7, 11) is 1.64. The Hall–Kier alpha value is -2.57. The highest BCUT2D eigenvalue weighted by atomic mass is 35.5. The van der Waals surface area contributed by atoms with E-state index in [1.807, 2.05) is 6.92 Å². The Morgan fingerprint density at radius 3 is 2.74 bits per heavy atom. The van der Waals surface area contributed by atoms with E-state index in [4.69, 9.17) is 23.2 Å². The molecule has 0 saturated heterocycles. The summed E-state index contributed by atoms with van der Waals surface area (Å²) in [4.78, 5) is 40.3. The number of carbonyl (C=O) groups excluding carboxylic acids is 2. The molecule has 2 aromatic rings. The molecular weight excluding hydrogens is 389 g/mol. The van der Waals surface area contributed by atoms with Gasteiger partial charge in [-0.2, -0.15) is 0 Å². The number of aromatic nitrogens is 1. The molecule has 2 amide bonds. The molecule has 0 fully saturated rings. The molecule has 1 aromatic heterocycles. The average Bonchev–Trinajstić information content (AvgIpc) is 2.64. The van der Waals surface area contributed by atoms with Crippen LogP contribution in [0.4, 0.5) is 4.79 Å². The van der Waals surface area contributed by atoms with Crippen molar-refractivity contribution in [3.05, 3.63) is 68.6 Å². The van der Waals surface area contributed by atoms with Crippen LogP contribution in [0.3, 0.4) is 0 Å². The van der Waals surface area contributed by atoms with Crippen LogP contribution in [0.15, 0.2) is 52.5 Å². The molecule has 2 N–H and O–H groups in total. The summed E-state index contributed by atoms with van der Waals surface area (Å²) >= 11 is 12.0. The summed E-state index contributed by atoms with van der Waals surface area (Å²) in [5.74, 6) is -0.291. The summed E-state index contributed by atoms with van der Waals surface area (Å²) < 4.78 is 0. The number of nitrogens with one attached hydrogen (secondary N) is 2. The monoisotopic (exact) mass is 405 g/mol. The van der Waals surface area contributed by atoms with Gasteiger partial charge in [0, 0.05) is 13.2 Å². The number of pyridine rings is 1. The Morgan fingerprint density at radius 2 is 2.04 bits per heavy atom. The van der Waals surface area contributed by atoms with Crippen LogP contribution in [0.25, 0.3) is 10.8 Å². The summed E-state index contributed by atoms with van der Waals surface area (Å²) in [6.07, 6.45) is 5.97. The maximum Gasteiger partial charge on any atom is 0.318 e. The highest BCUT2D eigenvalue weighted by Gasteiger charge is 2.23. The predicted octanol–water partition coefficient (Wildman–Crippen LogP) is 3.51. The second kappa shape index (κ2) is 7.58. The lowest BCUT2D eigenvalue weighted by atomic mass is 10.0. The molecule has 27 heavy (non-hydrogen) atoms. The lowest BCUT2D eigenvalue weighted by Gasteiger charge is -2.28. The Kier molecular flexibility index (Phi) is 5.39. The van der Waals surface area contributed by atoms with Crippen molar-refractivity contribution in [1.29, 1.82) is 0 Å². The van der Waals surface area contributed by atoms with Crippen LogP contribution in [0.5, 0.6) is 0 Å². The Labute approximate surface area is 165 Å². The van der Waals surface area contributed by atoms with E-state index in [-0.39, 0.29) is 28.4 Å². The fraction of sp³-hybridized carbons (Fsp3) is 0.211. The number of hydrogen-bond donors (Lipinski definition) is 2. The minimum Gasteiger partial charge on any atom is -0.328 e. The normalized spacial score (nSPS) is 17.6. The van der Waals surface area contributed by atoms with E-state index in [2.05, 4.69) is 10.3 Å². The van der Waals surface area contributed by atoms with Gasteiger partial charge in [0.05, 0.1) is 27.5 Å². The van der Waals surface area contributed by atoms with Gasteiger partial charge in [0.1, 0.15) is 0 Å². The summed E-state index contributed by atoms with van der Waals surface area (Å²) in [6.45, 7) is 1.84. The second-order valence-corrected chi connectivity index (χ2v) is 7.05. The van der Waals surface area contributed by atoms with E-state index in [9.17, 15) is 14.4 Å². The smallest absolute Gasteiger partial charge is 0.318 e. The molecule has 0 radical (unpaired) electrons. The number of aromatic amines is 1. The zero-order valence-electron chi connectivity index (χ0n) is 14.6. The molecule has 140 valence electrons. The Bertz CT molecular complexity index is 1040. The predicted molar refractivity (Wildman–Crippen MR) is 106 cm³/mol. The van der Waals surface area contributed by atoms with Gasteiger partial charge in [-0.05, 0) is 36.1 Å². The molecule has 2 unspecified atom stereocenters. The van der Waals surface area contributed by atoms with Crippen molar-refractivity contribution in [2.75, 3.05) is 7.05 Å². The number of allylic oxidation sites excluding steroid dienone is 2. The van der Waals surface area contributed by atoms with Crippen molar-refractivity contribution in [2.24, 2.45) is 0 Å². The first-order valence-corrected chi connectivity index (χ1v) is 8.98. The van der Waals surface area contributed by atoms with Crippen LogP contribution in [0.2, 0.25) is 5.02 Å². The van der Waals surface area contributed by atoms with E-state index in [1.165, 1.54) is 17.1 Å². The number of H-pyrrole nitrogens is 1. The van der Waals surface area contributed by atoms with Gasteiger partial charge in [-0.15, -0.1) is 0 Å². The number of benzene rings is 1. The maximum atomic E-state index is 12.6. The van der Waals surface area contributed by atoms with Crippen molar-refractivity contribution in [1.82, 2.24) is 15.2 Å². The average molecular weight is 406 g/mol. The minimum absolute atomic E-state index is 0.0692. The van der Waals surface area contributed by atoms with Crippen LogP contribution in [0.1, 0.15) is 18.5 Å². The van der Waals surface area contributed by atoms with Crippen LogP contribution in [-0.2, 0) is 4.79 Å². The lowest BCUT2D eigenvalue weighted by molar-refractivity contribution is -0.110. The fourth-order valence-electron chi connectivity index (χ4n) is 2.92. The van der Waals surface area contributed by atoms with Gasteiger partial charge in [-0.1, -0.05) is 41.4 Å². The molecule has 8 heteroatoms.